The van der Waals surface area contributed by atoms with Gasteiger partial charge in [-0.05, 0) is 36.2 Å². The molecule has 0 bridgehead atoms. The molecule has 0 aliphatic heterocycles. The van der Waals surface area contributed by atoms with Crippen LogP contribution in [0.15, 0.2) is 91.6 Å². The lowest BCUT2D eigenvalue weighted by Gasteiger charge is -2.12. The summed E-state index contributed by atoms with van der Waals surface area (Å²) >= 11 is 0. The van der Waals surface area contributed by atoms with E-state index >= 15 is 0 Å². The topological polar surface area (TPSA) is 85.9 Å². The summed E-state index contributed by atoms with van der Waals surface area (Å²) in [4.78, 5) is 41.2. The van der Waals surface area contributed by atoms with Gasteiger partial charge in [-0.2, -0.15) is 0 Å². The van der Waals surface area contributed by atoms with E-state index in [4.69, 9.17) is 0 Å². The molecule has 39 heavy (non-hydrogen) atoms. The number of fused-ring (bicyclic) bond motifs is 2. The maximum atomic E-state index is 13.7. The van der Waals surface area contributed by atoms with Gasteiger partial charge >= 0.3 is 6.03 Å². The van der Waals surface area contributed by atoms with Crippen molar-refractivity contribution in [1.29, 1.82) is 0 Å². The van der Waals surface area contributed by atoms with E-state index in [2.05, 4.69) is 19.5 Å². The van der Waals surface area contributed by atoms with Gasteiger partial charge in [0.25, 0.3) is 0 Å². The first-order chi connectivity index (χ1) is 18.9. The third-order valence-electron chi connectivity index (χ3n) is 6.93. The highest BCUT2D eigenvalue weighted by molar-refractivity contribution is 6.17. The molecule has 0 unspecified atom stereocenters. The molecule has 0 aliphatic carbocycles. The van der Waals surface area contributed by atoms with Crippen LogP contribution in [0.5, 0.6) is 0 Å². The molecule has 0 radical (unpaired) electrons. The average molecular weight is 515 g/mol. The van der Waals surface area contributed by atoms with Crippen LogP contribution in [-0.2, 0) is 6.54 Å². The first-order valence-electron chi connectivity index (χ1n) is 12.6. The van der Waals surface area contributed by atoms with E-state index in [-0.39, 0.29) is 11.8 Å². The van der Waals surface area contributed by atoms with E-state index < -0.39 is 0 Å². The first kappa shape index (κ1) is 24.2. The molecule has 4 heterocycles. The quantitative estimate of drug-likeness (QED) is 0.281. The fourth-order valence-corrected chi connectivity index (χ4v) is 4.90. The third-order valence-corrected chi connectivity index (χ3v) is 6.93. The van der Waals surface area contributed by atoms with Crippen molar-refractivity contribution in [1.82, 2.24) is 29.0 Å². The molecule has 0 fully saturated rings. The molecule has 0 saturated heterocycles. The fourth-order valence-electron chi connectivity index (χ4n) is 4.90. The van der Waals surface area contributed by atoms with E-state index in [0.29, 0.717) is 23.2 Å². The minimum absolute atomic E-state index is 0.138. The van der Waals surface area contributed by atoms with Gasteiger partial charge in [0.05, 0.1) is 17.2 Å². The predicted octanol–water partition coefficient (Wildman–Crippen LogP) is 5.57. The maximum Gasteiger partial charge on any atom is 0.328 e. The third kappa shape index (κ3) is 4.35. The summed E-state index contributed by atoms with van der Waals surface area (Å²) in [5, 5.41) is 0.723. The number of imidazole rings is 1. The highest BCUT2D eigenvalue weighted by atomic mass is 16.2. The standard InChI is InChI=1S/C31H26N6O2/c1-20-34-27-17-33-14-12-28(27)36(20)18-21-6-8-22(9-7-21)30(38)26-19-37(31(39)35(2)3)29-15-23(10-11-25(26)29)24-5-4-13-32-16-24/h4-17,19H,18H2,1-3H3. The molecule has 192 valence electrons. The molecule has 6 aromatic rings. The zero-order valence-corrected chi connectivity index (χ0v) is 21.9. The maximum absolute atomic E-state index is 13.7. The zero-order chi connectivity index (χ0) is 27.1. The SMILES string of the molecule is Cc1nc2cnccc2n1Cc1ccc(C(=O)c2cn(C(=O)N(C)C)c3cc(-c4cccnc4)ccc23)cc1. The van der Waals surface area contributed by atoms with Crippen molar-refractivity contribution < 1.29 is 9.59 Å². The monoisotopic (exact) mass is 514 g/mol. The van der Waals surface area contributed by atoms with E-state index in [1.807, 2.05) is 67.6 Å². The average Bonchev–Trinajstić information content (AvgIpc) is 3.50. The second-order valence-electron chi connectivity index (χ2n) is 9.70. The number of aryl methyl sites for hydroxylation is 1. The van der Waals surface area contributed by atoms with E-state index in [0.717, 1.165) is 38.9 Å². The molecule has 0 spiro atoms. The molecule has 2 aromatic carbocycles. The van der Waals surface area contributed by atoms with Crippen LogP contribution in [0, 0.1) is 6.92 Å². The van der Waals surface area contributed by atoms with Crippen LogP contribution in [0.25, 0.3) is 33.1 Å². The van der Waals surface area contributed by atoms with Crippen LogP contribution in [0.3, 0.4) is 0 Å². The fraction of sp³-hybridized carbons (Fsp3) is 0.129. The van der Waals surface area contributed by atoms with Gasteiger partial charge in [-0.1, -0.05) is 42.5 Å². The Kier molecular flexibility index (Phi) is 5.99. The molecule has 0 saturated carbocycles. The zero-order valence-electron chi connectivity index (χ0n) is 21.9. The molecule has 8 heteroatoms. The van der Waals surface area contributed by atoms with Crippen LogP contribution < -0.4 is 0 Å². The van der Waals surface area contributed by atoms with Crippen molar-refractivity contribution in [3.63, 3.8) is 0 Å². The normalized spacial score (nSPS) is 11.3. The largest absolute Gasteiger partial charge is 0.330 e. The molecule has 6 rings (SSSR count). The Morgan fingerprint density at radius 3 is 2.41 bits per heavy atom. The number of pyridine rings is 2. The number of nitrogens with zero attached hydrogens (tertiary/aromatic N) is 6. The molecular formula is C31H26N6O2. The number of ketones is 1. The first-order valence-corrected chi connectivity index (χ1v) is 12.6. The van der Waals surface area contributed by atoms with Crippen molar-refractivity contribution >= 4 is 33.8 Å². The second kappa shape index (κ2) is 9.64. The van der Waals surface area contributed by atoms with Crippen LogP contribution in [-0.4, -0.2) is 54.9 Å². The summed E-state index contributed by atoms with van der Waals surface area (Å²) in [7, 11) is 3.39. The van der Waals surface area contributed by atoms with E-state index in [9.17, 15) is 9.59 Å². The number of hydrogen-bond donors (Lipinski definition) is 0. The Hall–Kier alpha value is -5.11. The van der Waals surface area contributed by atoms with Crippen molar-refractivity contribution in [2.24, 2.45) is 0 Å². The number of benzene rings is 2. The van der Waals surface area contributed by atoms with Crippen molar-refractivity contribution in [2.45, 2.75) is 13.5 Å². The Bertz CT molecular complexity index is 1850. The van der Waals surface area contributed by atoms with Gasteiger partial charge in [-0.15, -0.1) is 0 Å². The summed E-state index contributed by atoms with van der Waals surface area (Å²) in [6.45, 7) is 2.61. The molecule has 0 atom stereocenters. The van der Waals surface area contributed by atoms with Gasteiger partial charge in [-0.3, -0.25) is 19.3 Å². The van der Waals surface area contributed by atoms with Crippen LogP contribution in [0.4, 0.5) is 4.79 Å². The minimum atomic E-state index is -0.226. The summed E-state index contributed by atoms with van der Waals surface area (Å²) < 4.78 is 3.67. The van der Waals surface area contributed by atoms with Gasteiger partial charge in [0.1, 0.15) is 11.3 Å². The summed E-state index contributed by atoms with van der Waals surface area (Å²) in [5.41, 5.74) is 6.50. The van der Waals surface area contributed by atoms with Crippen LogP contribution in [0.1, 0.15) is 27.3 Å². The summed E-state index contributed by atoms with van der Waals surface area (Å²) in [6, 6.07) is 19.0. The Labute approximate surface area is 225 Å². The van der Waals surface area contributed by atoms with Crippen LogP contribution in [0.2, 0.25) is 0 Å². The molecule has 8 nitrogen and oxygen atoms in total. The van der Waals surface area contributed by atoms with Crippen molar-refractivity contribution in [3.8, 4) is 11.1 Å². The van der Waals surface area contributed by atoms with Gasteiger partial charge in [0, 0.05) is 67.5 Å². The lowest BCUT2D eigenvalue weighted by Crippen LogP contribution is -2.26. The van der Waals surface area contributed by atoms with Gasteiger partial charge in [-0.25, -0.2) is 9.78 Å². The summed E-state index contributed by atoms with van der Waals surface area (Å²) in [5.74, 6) is 0.767. The number of amides is 1. The van der Waals surface area contributed by atoms with Gasteiger partial charge in [0.2, 0.25) is 0 Å². The van der Waals surface area contributed by atoms with Crippen molar-refractivity contribution in [2.75, 3.05) is 14.1 Å². The Morgan fingerprint density at radius 2 is 1.67 bits per heavy atom. The number of hydrogen-bond acceptors (Lipinski definition) is 5. The predicted molar refractivity (Wildman–Crippen MR) is 151 cm³/mol. The molecule has 1 amide bonds. The lowest BCUT2D eigenvalue weighted by molar-refractivity contribution is 0.104. The molecule has 0 N–H and O–H groups in total. The number of aromatic nitrogens is 5. The van der Waals surface area contributed by atoms with Gasteiger partial charge in [0.15, 0.2) is 5.78 Å². The van der Waals surface area contributed by atoms with Gasteiger partial charge < -0.3 is 9.47 Å². The highest BCUT2D eigenvalue weighted by Gasteiger charge is 2.21. The number of carbonyl (C=O) groups excluding carboxylic acids is 2. The smallest absolute Gasteiger partial charge is 0.328 e. The number of carbonyl (C=O) groups is 2. The minimum Gasteiger partial charge on any atom is -0.330 e. The second-order valence-corrected chi connectivity index (χ2v) is 9.70. The molecule has 0 aliphatic rings. The molecule has 4 aromatic heterocycles. The highest BCUT2D eigenvalue weighted by Crippen LogP contribution is 2.29. The van der Waals surface area contributed by atoms with Crippen molar-refractivity contribution in [3.05, 3.63) is 114 Å². The molecular weight excluding hydrogens is 488 g/mol. The van der Waals surface area contributed by atoms with E-state index in [1.165, 1.54) is 4.90 Å². The lowest BCUT2D eigenvalue weighted by atomic mass is 9.99. The number of rotatable bonds is 5. The van der Waals surface area contributed by atoms with Crippen LogP contribution >= 0.6 is 0 Å². The summed E-state index contributed by atoms with van der Waals surface area (Å²) in [6.07, 6.45) is 8.67. The Morgan fingerprint density at radius 1 is 0.872 bits per heavy atom. The Balaban J connectivity index is 1.35. The van der Waals surface area contributed by atoms with E-state index in [1.54, 1.807) is 49.6 Å².